The van der Waals surface area contributed by atoms with Crippen LogP contribution in [0.5, 0.6) is 0 Å². The van der Waals surface area contributed by atoms with Crippen LogP contribution in [0, 0.1) is 11.6 Å². The van der Waals surface area contributed by atoms with Crippen molar-refractivity contribution >= 4 is 16.6 Å². The molecule has 0 radical (unpaired) electrons. The molecule has 0 amide bonds. The van der Waals surface area contributed by atoms with E-state index in [1.165, 1.54) is 6.07 Å². The number of benzene rings is 1. The summed E-state index contributed by atoms with van der Waals surface area (Å²) < 4.78 is 26.8. The van der Waals surface area contributed by atoms with Gasteiger partial charge >= 0.3 is 0 Å². The van der Waals surface area contributed by atoms with Crippen molar-refractivity contribution in [1.82, 2.24) is 4.98 Å². The highest BCUT2D eigenvalue weighted by molar-refractivity contribution is 5.90. The highest BCUT2D eigenvalue weighted by atomic mass is 19.2. The molecule has 0 unspecified atom stereocenters. The van der Waals surface area contributed by atoms with Gasteiger partial charge in [0.2, 0.25) is 0 Å². The molecule has 0 bridgehead atoms. The van der Waals surface area contributed by atoms with Gasteiger partial charge in [-0.2, -0.15) is 0 Å². The van der Waals surface area contributed by atoms with Gasteiger partial charge in [0, 0.05) is 22.2 Å². The molecule has 0 aliphatic rings. The number of rotatable bonds is 0. The Kier molecular flexibility index (Phi) is 2.53. The lowest BCUT2D eigenvalue weighted by Crippen LogP contribution is -2.14. The third-order valence-corrected chi connectivity index (χ3v) is 2.67. The summed E-state index contributed by atoms with van der Waals surface area (Å²) in [4.78, 5) is 4.17. The summed E-state index contributed by atoms with van der Waals surface area (Å²) in [5.74, 6) is -1.85. The van der Waals surface area contributed by atoms with Crippen LogP contribution in [-0.4, -0.2) is 4.98 Å². The van der Waals surface area contributed by atoms with Crippen molar-refractivity contribution in [1.29, 1.82) is 0 Å². The van der Waals surface area contributed by atoms with E-state index in [4.69, 9.17) is 5.73 Å². The summed E-state index contributed by atoms with van der Waals surface area (Å²) in [5.41, 5.74) is 6.64. The topological polar surface area (TPSA) is 38.9 Å². The zero-order valence-corrected chi connectivity index (χ0v) is 10.0. The number of hydrogen-bond donors (Lipinski definition) is 1. The van der Waals surface area contributed by atoms with E-state index in [0.717, 1.165) is 6.07 Å². The SMILES string of the molecule is CC(C)(C)c1cc(N)c2ccc(F)c(F)c2n1. The minimum atomic E-state index is -0.944. The molecular formula is C13H14F2N2. The number of nitrogens with two attached hydrogens (primary N) is 1. The fourth-order valence-electron chi connectivity index (χ4n) is 1.64. The average molecular weight is 236 g/mol. The molecule has 0 spiro atoms. The van der Waals surface area contributed by atoms with E-state index in [9.17, 15) is 8.78 Å². The molecular weight excluding hydrogens is 222 g/mol. The van der Waals surface area contributed by atoms with E-state index in [1.807, 2.05) is 20.8 Å². The summed E-state index contributed by atoms with van der Waals surface area (Å²) in [6.07, 6.45) is 0. The van der Waals surface area contributed by atoms with Gasteiger partial charge in [-0.05, 0) is 18.2 Å². The van der Waals surface area contributed by atoms with E-state index < -0.39 is 11.6 Å². The third-order valence-electron chi connectivity index (χ3n) is 2.67. The van der Waals surface area contributed by atoms with Crippen LogP contribution in [-0.2, 0) is 5.41 Å². The lowest BCUT2D eigenvalue weighted by molar-refractivity contribution is 0.513. The standard InChI is InChI=1S/C13H14F2N2/c1-13(2,3)10-6-9(16)7-4-5-8(14)11(15)12(7)17-10/h4-6H,1-3H3,(H2,16,17). The second-order valence-corrected chi connectivity index (χ2v) is 5.10. The van der Waals surface area contributed by atoms with Crippen molar-refractivity contribution in [2.45, 2.75) is 26.2 Å². The Morgan fingerprint density at radius 1 is 1.18 bits per heavy atom. The van der Waals surface area contributed by atoms with E-state index in [-0.39, 0.29) is 10.9 Å². The van der Waals surface area contributed by atoms with E-state index >= 15 is 0 Å². The fourth-order valence-corrected chi connectivity index (χ4v) is 1.64. The molecule has 1 aromatic carbocycles. The molecule has 0 saturated heterocycles. The van der Waals surface area contributed by atoms with E-state index in [1.54, 1.807) is 6.07 Å². The molecule has 2 nitrogen and oxygen atoms in total. The molecule has 0 aliphatic carbocycles. The number of fused-ring (bicyclic) bond motifs is 1. The van der Waals surface area contributed by atoms with Gasteiger partial charge in [0.15, 0.2) is 11.6 Å². The predicted molar refractivity (Wildman–Crippen MR) is 64.8 cm³/mol. The highest BCUT2D eigenvalue weighted by Crippen LogP contribution is 2.29. The highest BCUT2D eigenvalue weighted by Gasteiger charge is 2.19. The van der Waals surface area contributed by atoms with E-state index in [2.05, 4.69) is 4.98 Å². The van der Waals surface area contributed by atoms with Crippen molar-refractivity contribution in [3.05, 3.63) is 35.5 Å². The molecule has 1 heterocycles. The fraction of sp³-hybridized carbons (Fsp3) is 0.308. The molecule has 2 N–H and O–H groups in total. The normalized spacial score (nSPS) is 12.1. The molecule has 0 atom stereocenters. The van der Waals surface area contributed by atoms with Crippen molar-refractivity contribution in [2.24, 2.45) is 0 Å². The maximum Gasteiger partial charge on any atom is 0.185 e. The number of aromatic nitrogens is 1. The molecule has 90 valence electrons. The first kappa shape index (κ1) is 11.8. The minimum absolute atomic E-state index is 0.00470. The second kappa shape index (κ2) is 3.65. The Labute approximate surface area is 98.5 Å². The lowest BCUT2D eigenvalue weighted by atomic mass is 9.91. The van der Waals surface area contributed by atoms with Gasteiger partial charge in [0.1, 0.15) is 5.52 Å². The largest absolute Gasteiger partial charge is 0.398 e. The summed E-state index contributed by atoms with van der Waals surface area (Å²) in [6.45, 7) is 5.83. The van der Waals surface area contributed by atoms with Crippen LogP contribution in [0.2, 0.25) is 0 Å². The number of hydrogen-bond acceptors (Lipinski definition) is 2. The van der Waals surface area contributed by atoms with Crippen LogP contribution in [0.4, 0.5) is 14.5 Å². The molecule has 0 fully saturated rings. The van der Waals surface area contributed by atoms with Crippen molar-refractivity contribution in [3.8, 4) is 0 Å². The number of nitrogens with zero attached hydrogens (tertiary/aromatic N) is 1. The van der Waals surface area contributed by atoms with Crippen molar-refractivity contribution in [3.63, 3.8) is 0 Å². The maximum absolute atomic E-state index is 13.7. The van der Waals surface area contributed by atoms with Gasteiger partial charge in [-0.15, -0.1) is 0 Å². The molecule has 4 heteroatoms. The molecule has 0 saturated carbocycles. The third kappa shape index (κ3) is 1.95. The number of pyridine rings is 1. The number of halogens is 2. The van der Waals surface area contributed by atoms with Gasteiger partial charge in [0.05, 0.1) is 0 Å². The minimum Gasteiger partial charge on any atom is -0.398 e. The zero-order chi connectivity index (χ0) is 12.8. The summed E-state index contributed by atoms with van der Waals surface area (Å²) >= 11 is 0. The number of nitrogen functional groups attached to an aromatic ring is 1. The Morgan fingerprint density at radius 2 is 1.82 bits per heavy atom. The van der Waals surface area contributed by atoms with Crippen LogP contribution in [0.15, 0.2) is 18.2 Å². The Hall–Kier alpha value is -1.71. The van der Waals surface area contributed by atoms with Crippen molar-refractivity contribution < 1.29 is 8.78 Å². The van der Waals surface area contributed by atoms with E-state index in [0.29, 0.717) is 16.8 Å². The Balaban J connectivity index is 2.84. The van der Waals surface area contributed by atoms with Crippen molar-refractivity contribution in [2.75, 3.05) is 5.73 Å². The average Bonchev–Trinajstić information content (AvgIpc) is 2.22. The Morgan fingerprint density at radius 3 is 2.41 bits per heavy atom. The summed E-state index contributed by atoms with van der Waals surface area (Å²) in [5, 5.41) is 0.442. The molecule has 1 aromatic heterocycles. The molecule has 2 rings (SSSR count). The van der Waals surface area contributed by atoms with Crippen LogP contribution in [0.3, 0.4) is 0 Å². The first-order valence-corrected chi connectivity index (χ1v) is 5.35. The van der Waals surface area contributed by atoms with Crippen LogP contribution >= 0.6 is 0 Å². The van der Waals surface area contributed by atoms with Gasteiger partial charge < -0.3 is 5.73 Å². The molecule has 0 aliphatic heterocycles. The predicted octanol–water partition coefficient (Wildman–Crippen LogP) is 3.39. The maximum atomic E-state index is 13.7. The zero-order valence-electron chi connectivity index (χ0n) is 10.0. The first-order chi connectivity index (χ1) is 7.80. The Bertz CT molecular complexity index is 586. The van der Waals surface area contributed by atoms with Gasteiger partial charge in [0.25, 0.3) is 0 Å². The number of anilines is 1. The summed E-state index contributed by atoms with van der Waals surface area (Å²) in [7, 11) is 0. The summed E-state index contributed by atoms with van der Waals surface area (Å²) in [6, 6.07) is 4.22. The van der Waals surface area contributed by atoms with Crippen LogP contribution in [0.1, 0.15) is 26.5 Å². The molecule has 17 heavy (non-hydrogen) atoms. The first-order valence-electron chi connectivity index (χ1n) is 5.35. The smallest absolute Gasteiger partial charge is 0.185 e. The van der Waals surface area contributed by atoms with Gasteiger partial charge in [-0.1, -0.05) is 20.8 Å². The quantitative estimate of drug-likeness (QED) is 0.761. The van der Waals surface area contributed by atoms with Gasteiger partial charge in [-0.3, -0.25) is 0 Å². The second-order valence-electron chi connectivity index (χ2n) is 5.10. The van der Waals surface area contributed by atoms with Gasteiger partial charge in [-0.25, -0.2) is 13.8 Å². The van der Waals surface area contributed by atoms with Crippen LogP contribution < -0.4 is 5.73 Å². The lowest BCUT2D eigenvalue weighted by Gasteiger charge is -2.19. The van der Waals surface area contributed by atoms with Crippen LogP contribution in [0.25, 0.3) is 10.9 Å². The monoisotopic (exact) mass is 236 g/mol. The molecule has 2 aromatic rings.